The van der Waals surface area contributed by atoms with Crippen molar-refractivity contribution < 1.29 is 0 Å². The van der Waals surface area contributed by atoms with E-state index in [1.54, 1.807) is 0 Å². The summed E-state index contributed by atoms with van der Waals surface area (Å²) < 4.78 is 1.83. The molecule has 26 heavy (non-hydrogen) atoms. The van der Waals surface area contributed by atoms with Crippen LogP contribution in [-0.4, -0.2) is 36.7 Å². The Morgan fingerprint density at radius 3 is 2.96 bits per heavy atom. The quantitative estimate of drug-likeness (QED) is 0.755. The van der Waals surface area contributed by atoms with Crippen molar-refractivity contribution >= 4 is 29.2 Å². The molecular weight excluding hydrogens is 352 g/mol. The first-order valence-corrected chi connectivity index (χ1v) is 8.88. The molecule has 0 atom stereocenters. The molecule has 1 aromatic carbocycles. The van der Waals surface area contributed by atoms with E-state index in [2.05, 4.69) is 49.6 Å². The Hall–Kier alpha value is -2.74. The monoisotopic (exact) mass is 370 g/mol. The number of hydrogen-bond acceptors (Lipinski definition) is 7. The van der Waals surface area contributed by atoms with Crippen LogP contribution in [-0.2, 0) is 13.0 Å². The van der Waals surface area contributed by atoms with Crippen molar-refractivity contribution in [3.63, 3.8) is 0 Å². The molecule has 9 heteroatoms. The van der Waals surface area contributed by atoms with Crippen LogP contribution in [0.4, 0.5) is 17.6 Å². The third-order valence-electron chi connectivity index (χ3n) is 4.26. The molecule has 2 aromatic heterocycles. The van der Waals surface area contributed by atoms with E-state index in [0.29, 0.717) is 17.5 Å². The van der Waals surface area contributed by atoms with Crippen LogP contribution < -0.4 is 10.2 Å². The Morgan fingerprint density at radius 2 is 2.15 bits per heavy atom. The summed E-state index contributed by atoms with van der Waals surface area (Å²) >= 11 is 6.02. The van der Waals surface area contributed by atoms with Crippen molar-refractivity contribution in [2.24, 2.45) is 0 Å². The molecule has 0 fully saturated rings. The second-order valence-electron chi connectivity index (χ2n) is 6.49. The highest BCUT2D eigenvalue weighted by Crippen LogP contribution is 2.24. The number of rotatable bonds is 4. The number of tetrazole rings is 1. The van der Waals surface area contributed by atoms with Gasteiger partial charge in [-0.3, -0.25) is 0 Å². The van der Waals surface area contributed by atoms with E-state index in [0.717, 1.165) is 35.9 Å². The molecule has 4 rings (SSSR count). The molecule has 0 aliphatic carbocycles. The van der Waals surface area contributed by atoms with Gasteiger partial charge in [0.1, 0.15) is 0 Å². The standard InChI is InChI=1S/C17H19ClN8/c1-11(2)26-17(22-23-24-26)25-7-6-15-12(10-25)9-19-16(21-15)20-14-5-3-4-13(18)8-14/h3-5,8-9,11H,6-7,10H2,1-2H3,(H,19,20,21). The number of fused-ring (bicyclic) bond motifs is 1. The molecule has 1 aliphatic rings. The van der Waals surface area contributed by atoms with Crippen LogP contribution in [0.25, 0.3) is 0 Å². The van der Waals surface area contributed by atoms with Crippen molar-refractivity contribution in [2.75, 3.05) is 16.8 Å². The predicted molar refractivity (Wildman–Crippen MR) is 99.7 cm³/mol. The van der Waals surface area contributed by atoms with Gasteiger partial charge < -0.3 is 10.2 Å². The van der Waals surface area contributed by atoms with Gasteiger partial charge in [-0.05, 0) is 42.5 Å². The molecule has 0 bridgehead atoms. The molecule has 0 saturated carbocycles. The Labute approximate surface area is 156 Å². The molecule has 1 aliphatic heterocycles. The Balaban J connectivity index is 1.53. The van der Waals surface area contributed by atoms with Crippen LogP contribution in [0.1, 0.15) is 31.1 Å². The number of halogens is 1. The smallest absolute Gasteiger partial charge is 0.246 e. The molecule has 0 saturated heterocycles. The second kappa shape index (κ2) is 6.87. The first-order valence-electron chi connectivity index (χ1n) is 8.50. The molecule has 0 amide bonds. The fourth-order valence-corrected chi connectivity index (χ4v) is 3.16. The molecule has 8 nitrogen and oxygen atoms in total. The summed E-state index contributed by atoms with van der Waals surface area (Å²) in [7, 11) is 0. The van der Waals surface area contributed by atoms with Crippen molar-refractivity contribution in [2.45, 2.75) is 32.9 Å². The number of anilines is 3. The van der Waals surface area contributed by atoms with E-state index in [4.69, 9.17) is 11.6 Å². The number of nitrogens with one attached hydrogen (secondary N) is 1. The molecule has 3 heterocycles. The summed E-state index contributed by atoms with van der Waals surface area (Å²) in [5.74, 6) is 1.36. The van der Waals surface area contributed by atoms with Crippen LogP contribution in [0, 0.1) is 0 Å². The molecule has 0 spiro atoms. The van der Waals surface area contributed by atoms with Crippen molar-refractivity contribution in [1.82, 2.24) is 30.2 Å². The number of benzene rings is 1. The van der Waals surface area contributed by atoms with Crippen LogP contribution in [0.5, 0.6) is 0 Å². The lowest BCUT2D eigenvalue weighted by molar-refractivity contribution is 0.504. The number of hydrogen-bond donors (Lipinski definition) is 1. The highest BCUT2D eigenvalue weighted by molar-refractivity contribution is 6.30. The lowest BCUT2D eigenvalue weighted by Crippen LogP contribution is -2.33. The summed E-state index contributed by atoms with van der Waals surface area (Å²) in [5, 5.41) is 15.9. The van der Waals surface area contributed by atoms with Crippen molar-refractivity contribution in [1.29, 1.82) is 0 Å². The van der Waals surface area contributed by atoms with Crippen LogP contribution in [0.3, 0.4) is 0 Å². The molecule has 3 aromatic rings. The largest absolute Gasteiger partial charge is 0.335 e. The second-order valence-corrected chi connectivity index (χ2v) is 6.93. The van der Waals surface area contributed by atoms with Gasteiger partial charge in [0, 0.05) is 42.0 Å². The van der Waals surface area contributed by atoms with E-state index in [-0.39, 0.29) is 6.04 Å². The maximum absolute atomic E-state index is 6.02. The average Bonchev–Trinajstić information content (AvgIpc) is 3.11. The zero-order valence-corrected chi connectivity index (χ0v) is 15.3. The first-order chi connectivity index (χ1) is 12.6. The van der Waals surface area contributed by atoms with Gasteiger partial charge in [0.25, 0.3) is 0 Å². The summed E-state index contributed by atoms with van der Waals surface area (Å²) in [6, 6.07) is 7.71. The average molecular weight is 371 g/mol. The van der Waals surface area contributed by atoms with Gasteiger partial charge in [-0.1, -0.05) is 22.8 Å². The van der Waals surface area contributed by atoms with Crippen LogP contribution in [0.2, 0.25) is 5.02 Å². The van der Waals surface area contributed by atoms with E-state index in [1.165, 1.54) is 0 Å². The van der Waals surface area contributed by atoms with E-state index in [1.807, 2.05) is 35.1 Å². The molecule has 1 N–H and O–H groups in total. The van der Waals surface area contributed by atoms with Gasteiger partial charge in [0.2, 0.25) is 11.9 Å². The molecule has 0 radical (unpaired) electrons. The summed E-state index contributed by atoms with van der Waals surface area (Å²) in [6.07, 6.45) is 2.68. The minimum absolute atomic E-state index is 0.210. The van der Waals surface area contributed by atoms with Gasteiger partial charge in [-0.2, -0.15) is 0 Å². The summed E-state index contributed by atoms with van der Waals surface area (Å²) in [6.45, 7) is 5.64. The third kappa shape index (κ3) is 3.32. The highest BCUT2D eigenvalue weighted by atomic mass is 35.5. The fourth-order valence-electron chi connectivity index (χ4n) is 2.97. The van der Waals surface area contributed by atoms with Crippen LogP contribution >= 0.6 is 11.6 Å². The fraction of sp³-hybridized carbons (Fsp3) is 0.353. The molecule has 134 valence electrons. The summed E-state index contributed by atoms with van der Waals surface area (Å²) in [4.78, 5) is 11.3. The van der Waals surface area contributed by atoms with Crippen LogP contribution in [0.15, 0.2) is 30.5 Å². The minimum atomic E-state index is 0.210. The SMILES string of the molecule is CC(C)n1nnnc1N1CCc2nc(Nc3cccc(Cl)c3)ncc2C1. The predicted octanol–water partition coefficient (Wildman–Crippen LogP) is 3.00. The minimum Gasteiger partial charge on any atom is -0.335 e. The number of aromatic nitrogens is 6. The van der Waals surface area contributed by atoms with Gasteiger partial charge in [0.05, 0.1) is 11.7 Å². The van der Waals surface area contributed by atoms with Gasteiger partial charge in [-0.15, -0.1) is 0 Å². The van der Waals surface area contributed by atoms with Gasteiger partial charge in [0.15, 0.2) is 0 Å². The summed E-state index contributed by atoms with van der Waals surface area (Å²) in [5.41, 5.74) is 3.00. The molecular formula is C17H19ClN8. The lowest BCUT2D eigenvalue weighted by Gasteiger charge is -2.28. The maximum atomic E-state index is 6.02. The third-order valence-corrected chi connectivity index (χ3v) is 4.50. The zero-order valence-electron chi connectivity index (χ0n) is 14.6. The highest BCUT2D eigenvalue weighted by Gasteiger charge is 2.23. The first kappa shape index (κ1) is 16.7. The zero-order chi connectivity index (χ0) is 18.1. The van der Waals surface area contributed by atoms with E-state index >= 15 is 0 Å². The van der Waals surface area contributed by atoms with Gasteiger partial charge >= 0.3 is 0 Å². The molecule has 0 unspecified atom stereocenters. The maximum Gasteiger partial charge on any atom is 0.246 e. The van der Waals surface area contributed by atoms with Gasteiger partial charge in [-0.25, -0.2) is 14.6 Å². The Bertz CT molecular complexity index is 923. The Kier molecular flexibility index (Phi) is 4.42. The van der Waals surface area contributed by atoms with E-state index < -0.39 is 0 Å². The van der Waals surface area contributed by atoms with E-state index in [9.17, 15) is 0 Å². The number of nitrogens with zero attached hydrogens (tertiary/aromatic N) is 7. The normalized spacial score (nSPS) is 13.8. The van der Waals surface area contributed by atoms with Crippen molar-refractivity contribution in [3.8, 4) is 0 Å². The van der Waals surface area contributed by atoms with Crippen molar-refractivity contribution in [3.05, 3.63) is 46.7 Å². The lowest BCUT2D eigenvalue weighted by atomic mass is 10.1. The topological polar surface area (TPSA) is 84.7 Å². The Morgan fingerprint density at radius 1 is 1.27 bits per heavy atom.